The Morgan fingerprint density at radius 1 is 1.00 bits per heavy atom. The van der Waals surface area contributed by atoms with Crippen LogP contribution in [0.3, 0.4) is 0 Å². The predicted molar refractivity (Wildman–Crippen MR) is 142 cm³/mol. The van der Waals surface area contributed by atoms with Crippen molar-refractivity contribution in [3.63, 3.8) is 0 Å². The fourth-order valence-electron chi connectivity index (χ4n) is 3.79. The lowest BCUT2D eigenvalue weighted by Gasteiger charge is -2.10. The summed E-state index contributed by atoms with van der Waals surface area (Å²) in [6.45, 7) is 2.84. The van der Waals surface area contributed by atoms with E-state index in [1.165, 1.54) is 11.1 Å². The predicted octanol–water partition coefficient (Wildman–Crippen LogP) is 6.06. The first-order chi connectivity index (χ1) is 17.0. The van der Waals surface area contributed by atoms with E-state index in [9.17, 15) is 4.79 Å². The molecule has 2 heterocycles. The van der Waals surface area contributed by atoms with Crippen LogP contribution >= 0.6 is 11.3 Å². The number of nitrogen functional groups attached to an aromatic ring is 1. The van der Waals surface area contributed by atoms with Gasteiger partial charge in [0.15, 0.2) is 0 Å². The van der Waals surface area contributed by atoms with E-state index in [0.29, 0.717) is 16.9 Å². The number of hydrogen-bond acceptors (Lipinski definition) is 5. The zero-order valence-electron chi connectivity index (χ0n) is 19.3. The van der Waals surface area contributed by atoms with Crippen LogP contribution in [0.15, 0.2) is 90.4 Å². The van der Waals surface area contributed by atoms with Gasteiger partial charge in [0.2, 0.25) is 0 Å². The van der Waals surface area contributed by atoms with Crippen LogP contribution < -0.4 is 11.1 Å². The lowest BCUT2D eigenvalue weighted by atomic mass is 10.1. The number of aromatic nitrogens is 3. The van der Waals surface area contributed by atoms with Gasteiger partial charge in [0.25, 0.3) is 5.91 Å². The maximum atomic E-state index is 12.9. The van der Waals surface area contributed by atoms with Gasteiger partial charge in [0.1, 0.15) is 5.69 Å². The van der Waals surface area contributed by atoms with Crippen LogP contribution in [0, 0.1) is 6.92 Å². The van der Waals surface area contributed by atoms with Gasteiger partial charge in [-0.3, -0.25) is 9.48 Å². The van der Waals surface area contributed by atoms with E-state index in [-0.39, 0.29) is 5.91 Å². The summed E-state index contributed by atoms with van der Waals surface area (Å²) in [6.07, 6.45) is 2.82. The summed E-state index contributed by atoms with van der Waals surface area (Å²) in [5.41, 5.74) is 13.0. The van der Waals surface area contributed by atoms with Crippen molar-refractivity contribution in [3.05, 3.63) is 107 Å². The van der Waals surface area contributed by atoms with Crippen LogP contribution in [-0.4, -0.2) is 20.9 Å². The van der Waals surface area contributed by atoms with Crippen LogP contribution in [0.5, 0.6) is 0 Å². The molecule has 0 spiro atoms. The number of nitrogens with one attached hydrogen (secondary N) is 1. The van der Waals surface area contributed by atoms with Gasteiger partial charge in [-0.1, -0.05) is 59.3 Å². The van der Waals surface area contributed by atoms with Crippen LogP contribution in [0.2, 0.25) is 0 Å². The van der Waals surface area contributed by atoms with Gasteiger partial charge in [-0.25, -0.2) is 0 Å². The van der Waals surface area contributed by atoms with E-state index in [0.717, 1.165) is 34.7 Å². The molecule has 2 aromatic heterocycles. The molecule has 0 saturated heterocycles. The molecule has 0 aliphatic rings. The van der Waals surface area contributed by atoms with Gasteiger partial charge in [0, 0.05) is 22.5 Å². The number of rotatable bonds is 7. The average molecular weight is 480 g/mol. The lowest BCUT2D eigenvalue weighted by molar-refractivity contribution is 0.102. The summed E-state index contributed by atoms with van der Waals surface area (Å²) in [4.78, 5) is 14.0. The number of aryl methyl sites for hydroxylation is 3. The van der Waals surface area contributed by atoms with Crippen LogP contribution in [0.25, 0.3) is 21.7 Å². The molecular formula is C28H25N5OS. The van der Waals surface area contributed by atoms with E-state index < -0.39 is 0 Å². The molecule has 7 heteroatoms. The Morgan fingerprint density at radius 3 is 2.51 bits per heavy atom. The minimum Gasteiger partial charge on any atom is -0.397 e. The van der Waals surface area contributed by atoms with Crippen molar-refractivity contribution in [3.8, 4) is 21.7 Å². The number of benzene rings is 3. The molecular weight excluding hydrogens is 454 g/mol. The molecule has 1 amide bonds. The molecule has 35 heavy (non-hydrogen) atoms. The maximum absolute atomic E-state index is 12.9. The Balaban J connectivity index is 1.24. The molecule has 5 rings (SSSR count). The Hall–Kier alpha value is -4.23. The summed E-state index contributed by atoms with van der Waals surface area (Å²) in [5, 5.41) is 13.5. The van der Waals surface area contributed by atoms with Crippen LogP contribution in [-0.2, 0) is 13.0 Å². The van der Waals surface area contributed by atoms with E-state index >= 15 is 0 Å². The van der Waals surface area contributed by atoms with E-state index in [2.05, 4.69) is 46.8 Å². The second-order valence-corrected chi connectivity index (χ2v) is 9.36. The van der Waals surface area contributed by atoms with Crippen molar-refractivity contribution in [2.75, 3.05) is 11.1 Å². The third-order valence-corrected chi connectivity index (χ3v) is 6.76. The highest BCUT2D eigenvalue weighted by molar-refractivity contribution is 7.13. The fraction of sp³-hybridized carbons (Fsp3) is 0.107. The van der Waals surface area contributed by atoms with Crippen molar-refractivity contribution in [1.29, 1.82) is 0 Å². The number of nitrogens with zero attached hydrogens (tertiary/aromatic N) is 3. The van der Waals surface area contributed by atoms with Gasteiger partial charge in [0.05, 0.1) is 17.6 Å². The Labute approximate surface area is 208 Å². The first-order valence-corrected chi connectivity index (χ1v) is 12.2. The van der Waals surface area contributed by atoms with E-state index in [1.54, 1.807) is 23.5 Å². The molecule has 0 aliphatic heterocycles. The van der Waals surface area contributed by atoms with Crippen LogP contribution in [0.4, 0.5) is 11.4 Å². The quantitative estimate of drug-likeness (QED) is 0.278. The Bertz CT molecular complexity index is 1440. The van der Waals surface area contributed by atoms with Gasteiger partial charge >= 0.3 is 0 Å². The number of anilines is 2. The second kappa shape index (κ2) is 9.95. The Morgan fingerprint density at radius 2 is 1.77 bits per heavy atom. The number of carbonyl (C=O) groups is 1. The number of amides is 1. The topological polar surface area (TPSA) is 85.8 Å². The molecule has 5 aromatic rings. The minimum absolute atomic E-state index is 0.215. The minimum atomic E-state index is -0.215. The van der Waals surface area contributed by atoms with Crippen molar-refractivity contribution in [1.82, 2.24) is 15.0 Å². The van der Waals surface area contributed by atoms with Gasteiger partial charge in [-0.15, -0.1) is 16.4 Å². The van der Waals surface area contributed by atoms with Crippen LogP contribution in [0.1, 0.15) is 21.5 Å². The number of carbonyl (C=O) groups excluding carboxylic acids is 1. The molecule has 3 aromatic carbocycles. The molecule has 174 valence electrons. The third-order valence-electron chi connectivity index (χ3n) is 5.84. The highest BCUT2D eigenvalue weighted by Crippen LogP contribution is 2.30. The lowest BCUT2D eigenvalue weighted by Crippen LogP contribution is -2.13. The molecule has 0 saturated carbocycles. The molecule has 0 fully saturated rings. The third kappa shape index (κ3) is 5.31. The summed E-state index contributed by atoms with van der Waals surface area (Å²) in [6, 6.07) is 25.6. The summed E-state index contributed by atoms with van der Waals surface area (Å²) >= 11 is 1.64. The van der Waals surface area contributed by atoms with Crippen molar-refractivity contribution >= 4 is 28.6 Å². The molecule has 0 radical (unpaired) electrons. The first kappa shape index (κ1) is 22.6. The van der Waals surface area contributed by atoms with Crippen molar-refractivity contribution in [2.45, 2.75) is 19.9 Å². The highest BCUT2D eigenvalue weighted by Gasteiger charge is 2.11. The zero-order valence-corrected chi connectivity index (χ0v) is 20.1. The highest BCUT2D eigenvalue weighted by atomic mass is 32.1. The standard InChI is InChI=1S/C28H25N5OS/c1-19-4-6-20(7-5-19)14-15-33-18-26(31-32-33)21-8-10-22(11-9-21)28(34)30-25-17-23(12-13-24(25)29)27-3-2-16-35-27/h2-13,16-18H,14-15,29H2,1H3,(H,30,34). The molecule has 0 unspecified atom stereocenters. The number of hydrogen-bond donors (Lipinski definition) is 2. The summed E-state index contributed by atoms with van der Waals surface area (Å²) in [7, 11) is 0. The number of nitrogens with two attached hydrogens (primary N) is 1. The Kier molecular flexibility index (Phi) is 6.41. The summed E-state index contributed by atoms with van der Waals surface area (Å²) < 4.78 is 1.85. The largest absolute Gasteiger partial charge is 0.397 e. The number of thiophene rings is 1. The normalized spacial score (nSPS) is 10.9. The SMILES string of the molecule is Cc1ccc(CCn2cc(-c3ccc(C(=O)Nc4cc(-c5cccs5)ccc4N)cc3)nn2)cc1. The zero-order chi connectivity index (χ0) is 24.2. The molecule has 3 N–H and O–H groups in total. The second-order valence-electron chi connectivity index (χ2n) is 8.41. The smallest absolute Gasteiger partial charge is 0.255 e. The van der Waals surface area contributed by atoms with Crippen molar-refractivity contribution in [2.24, 2.45) is 0 Å². The average Bonchev–Trinajstić information content (AvgIpc) is 3.58. The van der Waals surface area contributed by atoms with Crippen molar-refractivity contribution < 1.29 is 4.79 Å². The fourth-order valence-corrected chi connectivity index (χ4v) is 4.51. The van der Waals surface area contributed by atoms with E-state index in [4.69, 9.17) is 5.73 Å². The molecule has 6 nitrogen and oxygen atoms in total. The first-order valence-electron chi connectivity index (χ1n) is 11.4. The monoisotopic (exact) mass is 479 g/mol. The molecule has 0 bridgehead atoms. The van der Waals surface area contributed by atoms with Gasteiger partial charge in [-0.05, 0) is 60.2 Å². The van der Waals surface area contributed by atoms with Gasteiger partial charge < -0.3 is 11.1 Å². The van der Waals surface area contributed by atoms with Gasteiger partial charge in [-0.2, -0.15) is 0 Å². The maximum Gasteiger partial charge on any atom is 0.255 e. The molecule has 0 atom stereocenters. The molecule has 0 aliphatic carbocycles. The summed E-state index contributed by atoms with van der Waals surface area (Å²) in [5.74, 6) is -0.215. The van der Waals surface area contributed by atoms with E-state index in [1.807, 2.05) is 58.7 Å².